The van der Waals surface area contributed by atoms with Gasteiger partial charge in [0.1, 0.15) is 0 Å². The zero-order valence-corrected chi connectivity index (χ0v) is 17.4. The summed E-state index contributed by atoms with van der Waals surface area (Å²) in [6, 6.07) is 0.592. The van der Waals surface area contributed by atoms with Gasteiger partial charge in [-0.05, 0) is 38.0 Å². The number of thioether (sulfide) groups is 2. The van der Waals surface area contributed by atoms with Gasteiger partial charge in [-0.25, -0.2) is 0 Å². The molecular weight excluding hydrogens is 383 g/mol. The van der Waals surface area contributed by atoms with Crippen molar-refractivity contribution in [3.63, 3.8) is 0 Å². The first-order chi connectivity index (χ1) is 10.6. The molecule has 0 radical (unpaired) electrons. The molecule has 1 aliphatic carbocycles. The third-order valence-electron chi connectivity index (χ3n) is 4.86. The topological polar surface area (TPSA) is 40.0 Å². The number of nitrogens with zero attached hydrogens (tertiary/aromatic N) is 3. The highest BCUT2D eigenvalue weighted by Gasteiger charge is 2.36. The minimum absolute atomic E-state index is 0. The Morgan fingerprint density at radius 1 is 1.33 bits per heavy atom. The van der Waals surface area contributed by atoms with Crippen LogP contribution in [-0.4, -0.2) is 45.7 Å². The van der Waals surface area contributed by atoms with Gasteiger partial charge < -0.3 is 10.2 Å². The van der Waals surface area contributed by atoms with Crippen molar-refractivity contribution in [1.29, 1.82) is 0 Å². The molecule has 8 heteroatoms. The molecule has 4 nitrogen and oxygen atoms in total. The molecule has 2 atom stereocenters. The lowest BCUT2D eigenvalue weighted by molar-refractivity contribution is 0.248. The van der Waals surface area contributed by atoms with Crippen molar-refractivity contribution in [3.8, 4) is 0 Å². The average Bonchev–Trinajstić information content (AvgIpc) is 3.05. The molecule has 0 amide bonds. The van der Waals surface area contributed by atoms with Gasteiger partial charge in [0, 0.05) is 18.0 Å². The van der Waals surface area contributed by atoms with Gasteiger partial charge in [0.15, 0.2) is 10.3 Å². The maximum atomic E-state index is 5.02. The Hall–Kier alpha value is -0.0400. The first kappa shape index (κ1) is 20.3. The fourth-order valence-electron chi connectivity index (χ4n) is 3.59. The van der Waals surface area contributed by atoms with Gasteiger partial charge in [0.2, 0.25) is 0 Å². The molecule has 0 aromatic rings. The van der Waals surface area contributed by atoms with E-state index in [1.54, 1.807) is 0 Å². The van der Waals surface area contributed by atoms with Gasteiger partial charge >= 0.3 is 0 Å². The van der Waals surface area contributed by atoms with E-state index in [0.717, 1.165) is 23.4 Å². The SMILES string of the molecule is CC1(C)CN=C(SCC2=CSC3=NC4CCCCC4CN23)N1.Cl.Cl. The Labute approximate surface area is 165 Å². The first-order valence-corrected chi connectivity index (χ1v) is 10.1. The lowest BCUT2D eigenvalue weighted by Crippen LogP contribution is -2.42. The summed E-state index contributed by atoms with van der Waals surface area (Å²) >= 11 is 3.64. The second kappa shape index (κ2) is 8.11. The van der Waals surface area contributed by atoms with E-state index in [1.165, 1.54) is 43.1 Å². The third kappa shape index (κ3) is 4.19. The molecule has 0 spiro atoms. The van der Waals surface area contributed by atoms with Gasteiger partial charge in [-0.2, -0.15) is 0 Å². The van der Waals surface area contributed by atoms with E-state index in [0.29, 0.717) is 6.04 Å². The van der Waals surface area contributed by atoms with Gasteiger partial charge in [-0.15, -0.1) is 24.8 Å². The largest absolute Gasteiger partial charge is 0.358 e. The molecule has 0 aromatic carbocycles. The maximum Gasteiger partial charge on any atom is 0.168 e. The summed E-state index contributed by atoms with van der Waals surface area (Å²) in [6.07, 6.45) is 5.39. The van der Waals surface area contributed by atoms with Crippen molar-refractivity contribution in [2.24, 2.45) is 15.9 Å². The van der Waals surface area contributed by atoms with E-state index >= 15 is 0 Å². The quantitative estimate of drug-likeness (QED) is 0.745. The number of amidine groups is 2. The molecule has 0 aromatic heterocycles. The smallest absolute Gasteiger partial charge is 0.168 e. The molecule has 0 bridgehead atoms. The van der Waals surface area contributed by atoms with Crippen molar-refractivity contribution < 1.29 is 0 Å². The van der Waals surface area contributed by atoms with Crippen molar-refractivity contribution >= 4 is 58.7 Å². The molecule has 4 aliphatic rings. The number of aliphatic imine (C=N–C) groups is 2. The van der Waals surface area contributed by atoms with Gasteiger partial charge in [0.05, 0.1) is 18.1 Å². The van der Waals surface area contributed by atoms with E-state index in [9.17, 15) is 0 Å². The minimum atomic E-state index is 0. The van der Waals surface area contributed by atoms with Crippen LogP contribution in [0.15, 0.2) is 21.1 Å². The molecule has 2 unspecified atom stereocenters. The fourth-order valence-corrected chi connectivity index (χ4v) is 5.69. The number of fused-ring (bicyclic) bond motifs is 2. The van der Waals surface area contributed by atoms with Crippen LogP contribution in [0.3, 0.4) is 0 Å². The number of rotatable bonds is 2. The molecule has 3 aliphatic heterocycles. The van der Waals surface area contributed by atoms with E-state index < -0.39 is 0 Å². The molecule has 3 heterocycles. The Balaban J connectivity index is 0.00000104. The molecule has 1 fully saturated rings. The predicted octanol–water partition coefficient (Wildman–Crippen LogP) is 4.12. The summed E-state index contributed by atoms with van der Waals surface area (Å²) in [5, 5.41) is 8.13. The number of halogens is 2. The highest BCUT2D eigenvalue weighted by Crippen LogP contribution is 2.38. The van der Waals surface area contributed by atoms with Crippen molar-refractivity contribution in [2.45, 2.75) is 51.1 Å². The molecule has 1 saturated carbocycles. The van der Waals surface area contributed by atoms with Gasteiger partial charge in [0.25, 0.3) is 0 Å². The molecule has 136 valence electrons. The lowest BCUT2D eigenvalue weighted by atomic mass is 9.84. The van der Waals surface area contributed by atoms with Gasteiger partial charge in [-0.3, -0.25) is 9.98 Å². The second-order valence-electron chi connectivity index (χ2n) is 7.28. The van der Waals surface area contributed by atoms with E-state index in [1.807, 2.05) is 23.5 Å². The van der Waals surface area contributed by atoms with Crippen LogP contribution in [0.2, 0.25) is 0 Å². The highest BCUT2D eigenvalue weighted by molar-refractivity contribution is 8.17. The van der Waals surface area contributed by atoms with E-state index in [4.69, 9.17) is 4.99 Å². The Morgan fingerprint density at radius 2 is 2.12 bits per heavy atom. The number of nitrogens with one attached hydrogen (secondary N) is 1. The third-order valence-corrected chi connectivity index (χ3v) is 6.73. The zero-order chi connectivity index (χ0) is 15.2. The van der Waals surface area contributed by atoms with Crippen LogP contribution in [-0.2, 0) is 0 Å². The number of hydrogen-bond donors (Lipinski definition) is 1. The summed E-state index contributed by atoms with van der Waals surface area (Å²) < 4.78 is 0. The molecular formula is C16H26Cl2N4S2. The Bertz CT molecular complexity index is 562. The number of hydrogen-bond acceptors (Lipinski definition) is 6. The molecule has 4 rings (SSSR count). The second-order valence-corrected chi connectivity index (χ2v) is 9.08. The van der Waals surface area contributed by atoms with Crippen LogP contribution in [0, 0.1) is 5.92 Å². The molecule has 1 N–H and O–H groups in total. The fraction of sp³-hybridized carbons (Fsp3) is 0.750. The monoisotopic (exact) mass is 408 g/mol. The Morgan fingerprint density at radius 3 is 2.88 bits per heavy atom. The van der Waals surface area contributed by atoms with Gasteiger partial charge in [-0.1, -0.05) is 36.4 Å². The van der Waals surface area contributed by atoms with E-state index in [2.05, 4.69) is 34.5 Å². The lowest BCUT2D eigenvalue weighted by Gasteiger charge is -2.38. The van der Waals surface area contributed by atoms with Crippen LogP contribution in [0.1, 0.15) is 39.5 Å². The van der Waals surface area contributed by atoms with Crippen molar-refractivity contribution in [1.82, 2.24) is 10.2 Å². The molecule has 0 saturated heterocycles. The van der Waals surface area contributed by atoms with Crippen LogP contribution < -0.4 is 5.32 Å². The summed E-state index contributed by atoms with van der Waals surface area (Å²) in [7, 11) is 0. The summed E-state index contributed by atoms with van der Waals surface area (Å²) in [5.74, 6) is 1.76. The molecule has 24 heavy (non-hydrogen) atoms. The summed E-state index contributed by atoms with van der Waals surface area (Å²) in [6.45, 7) is 6.46. The maximum absolute atomic E-state index is 5.02. The summed E-state index contributed by atoms with van der Waals surface area (Å²) in [4.78, 5) is 12.1. The van der Waals surface area contributed by atoms with Crippen molar-refractivity contribution in [2.75, 3.05) is 18.8 Å². The van der Waals surface area contributed by atoms with Crippen LogP contribution in [0.25, 0.3) is 0 Å². The van der Waals surface area contributed by atoms with Crippen LogP contribution >= 0.6 is 48.3 Å². The first-order valence-electron chi connectivity index (χ1n) is 8.27. The standard InChI is InChI=1S/C16H24N4S2.2ClH/c1-16(2)10-17-14(19-16)21-8-12-9-22-15-18-13-6-4-3-5-11(13)7-20(12)15;;/h9,11,13H,3-8,10H2,1-2H3,(H,17,19);2*1H. The summed E-state index contributed by atoms with van der Waals surface area (Å²) in [5.41, 5.74) is 1.53. The van der Waals surface area contributed by atoms with E-state index in [-0.39, 0.29) is 30.4 Å². The minimum Gasteiger partial charge on any atom is -0.358 e. The van der Waals surface area contributed by atoms with Crippen molar-refractivity contribution in [3.05, 3.63) is 11.1 Å². The predicted molar refractivity (Wildman–Crippen MR) is 112 cm³/mol. The van der Waals surface area contributed by atoms with Crippen LogP contribution in [0.4, 0.5) is 0 Å². The van der Waals surface area contributed by atoms with Crippen LogP contribution in [0.5, 0.6) is 0 Å². The zero-order valence-electron chi connectivity index (χ0n) is 14.2. The highest BCUT2D eigenvalue weighted by atomic mass is 35.5. The average molecular weight is 409 g/mol. The normalized spacial score (nSPS) is 29.9. The Kier molecular flexibility index (Phi) is 6.85.